The predicted octanol–water partition coefficient (Wildman–Crippen LogP) is 1.93. The molecule has 2 aromatic rings. The molecule has 3 N–H and O–H groups in total. The molecule has 1 aliphatic rings. The maximum Gasteiger partial charge on any atom is 0.325 e. The van der Waals surface area contributed by atoms with Gasteiger partial charge in [-0.25, -0.2) is 4.98 Å². The Hall–Kier alpha value is -1.88. The number of aryl methyl sites for hydroxylation is 1. The number of rotatable bonds is 3. The number of carboxylic acids is 1. The van der Waals surface area contributed by atoms with Crippen LogP contribution in [0.2, 0.25) is 0 Å². The maximum absolute atomic E-state index is 10.9. The summed E-state index contributed by atoms with van der Waals surface area (Å²) < 4.78 is 2.11. The van der Waals surface area contributed by atoms with Gasteiger partial charge in [0.25, 0.3) is 0 Å². The van der Waals surface area contributed by atoms with E-state index in [1.165, 1.54) is 19.3 Å². The Morgan fingerprint density at radius 2 is 2.26 bits per heavy atom. The van der Waals surface area contributed by atoms with E-state index >= 15 is 0 Å². The minimum absolute atomic E-state index is 0.550. The van der Waals surface area contributed by atoms with Crippen LogP contribution in [0.25, 0.3) is 11.0 Å². The lowest BCUT2D eigenvalue weighted by Gasteiger charge is -2.24. The quantitative estimate of drug-likeness (QED) is 0.882. The number of imidazole rings is 1. The predicted molar refractivity (Wildman–Crippen MR) is 71.9 cm³/mol. The Bertz CT molecular complexity index is 643. The smallest absolute Gasteiger partial charge is 0.325 e. The minimum Gasteiger partial charge on any atom is -0.480 e. The molecule has 3 rings (SSSR count). The van der Waals surface area contributed by atoms with Crippen LogP contribution in [-0.4, -0.2) is 20.6 Å². The van der Waals surface area contributed by atoms with Crippen molar-refractivity contribution in [3.63, 3.8) is 0 Å². The second-order valence-corrected chi connectivity index (χ2v) is 5.22. The highest BCUT2D eigenvalue weighted by Crippen LogP contribution is 2.36. The zero-order chi connectivity index (χ0) is 13.6. The molecule has 0 radical (unpaired) electrons. The Morgan fingerprint density at radius 3 is 2.84 bits per heavy atom. The van der Waals surface area contributed by atoms with Gasteiger partial charge in [0.05, 0.1) is 11.0 Å². The zero-order valence-corrected chi connectivity index (χ0v) is 10.8. The van der Waals surface area contributed by atoms with E-state index in [1.54, 1.807) is 12.1 Å². The van der Waals surface area contributed by atoms with Crippen molar-refractivity contribution in [2.24, 2.45) is 12.8 Å². The van der Waals surface area contributed by atoms with E-state index in [1.807, 2.05) is 13.1 Å². The molecular formula is C14H17N3O2. The fourth-order valence-corrected chi connectivity index (χ4v) is 2.60. The number of aromatic nitrogens is 2. The Balaban J connectivity index is 2.06. The summed E-state index contributed by atoms with van der Waals surface area (Å²) in [5.74, 6) is 0.630. The molecule has 0 bridgehead atoms. The van der Waals surface area contributed by atoms with Crippen molar-refractivity contribution >= 4 is 17.0 Å². The van der Waals surface area contributed by atoms with E-state index < -0.39 is 12.0 Å². The van der Waals surface area contributed by atoms with Gasteiger partial charge in [-0.05, 0) is 30.5 Å². The first-order valence-corrected chi connectivity index (χ1v) is 6.52. The minimum atomic E-state index is -1.02. The average Bonchev–Trinajstić information content (AvgIpc) is 2.63. The third kappa shape index (κ3) is 1.90. The number of benzene rings is 1. The highest BCUT2D eigenvalue weighted by Gasteiger charge is 2.25. The largest absolute Gasteiger partial charge is 0.480 e. The molecule has 1 aromatic heterocycles. The summed E-state index contributed by atoms with van der Waals surface area (Å²) in [5, 5.41) is 8.95. The maximum atomic E-state index is 10.9. The molecule has 5 nitrogen and oxygen atoms in total. The molecule has 5 heteroatoms. The number of carbonyl (C=O) groups is 1. The molecule has 19 heavy (non-hydrogen) atoms. The van der Waals surface area contributed by atoms with E-state index in [-0.39, 0.29) is 0 Å². The normalized spacial score (nSPS) is 17.4. The monoisotopic (exact) mass is 259 g/mol. The molecule has 1 unspecified atom stereocenters. The van der Waals surface area contributed by atoms with Crippen molar-refractivity contribution < 1.29 is 9.90 Å². The second-order valence-electron chi connectivity index (χ2n) is 5.22. The number of hydrogen-bond donors (Lipinski definition) is 2. The topological polar surface area (TPSA) is 81.1 Å². The molecule has 0 aliphatic heterocycles. The number of fused-ring (bicyclic) bond motifs is 1. The fourth-order valence-electron chi connectivity index (χ4n) is 2.60. The number of carboxylic acid groups (broad SMARTS) is 1. The van der Waals surface area contributed by atoms with E-state index in [0.29, 0.717) is 11.5 Å². The lowest BCUT2D eigenvalue weighted by Crippen LogP contribution is -2.20. The van der Waals surface area contributed by atoms with Crippen LogP contribution in [0.1, 0.15) is 42.6 Å². The van der Waals surface area contributed by atoms with E-state index in [9.17, 15) is 4.79 Å². The molecule has 1 fully saturated rings. The van der Waals surface area contributed by atoms with Crippen molar-refractivity contribution in [2.45, 2.75) is 31.2 Å². The standard InChI is InChI=1S/C14H17N3O2/c1-17-11-6-5-9(12(15)14(18)19)7-10(11)16-13(17)8-3-2-4-8/h5-8,12H,2-4,15H2,1H3,(H,18,19). The van der Waals surface area contributed by atoms with Gasteiger partial charge in [0, 0.05) is 13.0 Å². The fraction of sp³-hybridized carbons (Fsp3) is 0.429. The summed E-state index contributed by atoms with van der Waals surface area (Å²) in [4.78, 5) is 15.6. The van der Waals surface area contributed by atoms with Crippen molar-refractivity contribution in [3.8, 4) is 0 Å². The van der Waals surface area contributed by atoms with Gasteiger partial charge in [-0.2, -0.15) is 0 Å². The number of hydrogen-bond acceptors (Lipinski definition) is 3. The molecule has 1 aliphatic carbocycles. The van der Waals surface area contributed by atoms with Gasteiger partial charge in [-0.1, -0.05) is 12.5 Å². The van der Waals surface area contributed by atoms with E-state index in [0.717, 1.165) is 16.9 Å². The van der Waals surface area contributed by atoms with Crippen LogP contribution in [0, 0.1) is 0 Å². The number of nitrogens with two attached hydrogens (primary N) is 1. The molecule has 1 atom stereocenters. The summed E-state index contributed by atoms with van der Waals surface area (Å²) >= 11 is 0. The first-order valence-electron chi connectivity index (χ1n) is 6.52. The van der Waals surface area contributed by atoms with Gasteiger partial charge in [0.2, 0.25) is 0 Å². The lowest BCUT2D eigenvalue weighted by atomic mass is 9.85. The molecule has 0 spiro atoms. The first kappa shape index (κ1) is 12.2. The number of aliphatic carboxylic acids is 1. The van der Waals surface area contributed by atoms with E-state index in [4.69, 9.17) is 10.8 Å². The summed E-state index contributed by atoms with van der Waals surface area (Å²) in [6.07, 6.45) is 3.65. The average molecular weight is 259 g/mol. The summed E-state index contributed by atoms with van der Waals surface area (Å²) in [6.45, 7) is 0. The van der Waals surface area contributed by atoms with Crippen LogP contribution in [0.15, 0.2) is 18.2 Å². The van der Waals surface area contributed by atoms with E-state index in [2.05, 4.69) is 9.55 Å². The van der Waals surface area contributed by atoms with Gasteiger partial charge >= 0.3 is 5.97 Å². The highest BCUT2D eigenvalue weighted by atomic mass is 16.4. The molecular weight excluding hydrogens is 242 g/mol. The van der Waals surface area contributed by atoms with Gasteiger partial charge < -0.3 is 15.4 Å². The lowest BCUT2D eigenvalue weighted by molar-refractivity contribution is -0.138. The van der Waals surface area contributed by atoms with Crippen LogP contribution in [0.5, 0.6) is 0 Å². The Morgan fingerprint density at radius 1 is 1.53 bits per heavy atom. The van der Waals surface area contributed by atoms with Crippen LogP contribution in [-0.2, 0) is 11.8 Å². The van der Waals surface area contributed by atoms with Crippen molar-refractivity contribution in [1.29, 1.82) is 0 Å². The SMILES string of the molecule is Cn1c(C2CCC2)nc2cc(C(N)C(=O)O)ccc21. The molecule has 0 amide bonds. The van der Waals surface area contributed by atoms with Gasteiger partial charge in [0.15, 0.2) is 0 Å². The van der Waals surface area contributed by atoms with Crippen molar-refractivity contribution in [2.75, 3.05) is 0 Å². The van der Waals surface area contributed by atoms with Gasteiger partial charge in [-0.3, -0.25) is 4.79 Å². The van der Waals surface area contributed by atoms with Crippen LogP contribution in [0.4, 0.5) is 0 Å². The third-order valence-corrected chi connectivity index (χ3v) is 4.03. The molecule has 1 aromatic carbocycles. The number of nitrogens with zero attached hydrogens (tertiary/aromatic N) is 2. The van der Waals surface area contributed by atoms with Gasteiger partial charge in [0.1, 0.15) is 11.9 Å². The third-order valence-electron chi connectivity index (χ3n) is 4.03. The molecule has 1 heterocycles. The highest BCUT2D eigenvalue weighted by molar-refractivity contribution is 5.81. The van der Waals surface area contributed by atoms with Gasteiger partial charge in [-0.15, -0.1) is 0 Å². The van der Waals surface area contributed by atoms with Crippen LogP contribution in [0.3, 0.4) is 0 Å². The summed E-state index contributed by atoms with van der Waals surface area (Å²) in [7, 11) is 2.01. The molecule has 1 saturated carbocycles. The Kier molecular flexibility index (Phi) is 2.78. The molecule has 100 valence electrons. The van der Waals surface area contributed by atoms with Crippen molar-refractivity contribution in [1.82, 2.24) is 9.55 Å². The zero-order valence-electron chi connectivity index (χ0n) is 10.8. The summed E-state index contributed by atoms with van der Waals surface area (Å²) in [5.41, 5.74) is 8.10. The Labute approximate surface area is 111 Å². The van der Waals surface area contributed by atoms with Crippen LogP contribution < -0.4 is 5.73 Å². The second kappa shape index (κ2) is 4.35. The first-order chi connectivity index (χ1) is 9.08. The molecule has 0 saturated heterocycles. The summed E-state index contributed by atoms with van der Waals surface area (Å²) in [6, 6.07) is 4.48. The van der Waals surface area contributed by atoms with Crippen molar-refractivity contribution in [3.05, 3.63) is 29.6 Å². The van der Waals surface area contributed by atoms with Crippen LogP contribution >= 0.6 is 0 Å².